The zero-order valence-electron chi connectivity index (χ0n) is 11.6. The SMILES string of the molecule is CC1(C2CC2)CN(Cc2nccs2)C(C)(C)CN1. The molecule has 1 N–H and O–H groups in total. The zero-order chi connectivity index (χ0) is 12.8. The molecule has 0 aromatic carbocycles. The summed E-state index contributed by atoms with van der Waals surface area (Å²) in [6.45, 7) is 10.3. The fraction of sp³-hybridized carbons (Fsp3) is 0.786. The van der Waals surface area contributed by atoms with Crippen LogP contribution in [-0.2, 0) is 6.54 Å². The molecule has 2 heterocycles. The molecule has 1 aliphatic carbocycles. The normalized spacial score (nSPS) is 32.6. The summed E-state index contributed by atoms with van der Waals surface area (Å²) in [6.07, 6.45) is 4.71. The van der Waals surface area contributed by atoms with Crippen molar-refractivity contribution in [1.82, 2.24) is 15.2 Å². The van der Waals surface area contributed by atoms with Crippen LogP contribution in [0.15, 0.2) is 11.6 Å². The number of rotatable bonds is 3. The Kier molecular flexibility index (Phi) is 3.00. The molecule has 1 aromatic heterocycles. The van der Waals surface area contributed by atoms with Crippen molar-refractivity contribution in [2.24, 2.45) is 5.92 Å². The van der Waals surface area contributed by atoms with E-state index in [4.69, 9.17) is 0 Å². The van der Waals surface area contributed by atoms with Crippen LogP contribution >= 0.6 is 11.3 Å². The Bertz CT molecular complexity index is 411. The molecule has 3 nitrogen and oxygen atoms in total. The second-order valence-electron chi connectivity index (χ2n) is 6.64. The minimum atomic E-state index is 0.222. The van der Waals surface area contributed by atoms with Gasteiger partial charge in [0.25, 0.3) is 0 Å². The predicted octanol–water partition coefficient (Wildman–Crippen LogP) is 2.50. The number of aromatic nitrogens is 1. The standard InChI is InChI=1S/C14H23N3S/c1-13(2)9-16-14(3,11-4-5-11)10-17(13)8-12-15-6-7-18-12/h6-7,11,16H,4-5,8-10H2,1-3H3. The van der Waals surface area contributed by atoms with E-state index < -0.39 is 0 Å². The van der Waals surface area contributed by atoms with E-state index in [0.29, 0.717) is 5.54 Å². The number of thiazole rings is 1. The molecule has 0 radical (unpaired) electrons. The maximum atomic E-state index is 4.44. The second-order valence-corrected chi connectivity index (χ2v) is 7.62. The third kappa shape index (κ3) is 2.33. The number of piperazine rings is 1. The summed E-state index contributed by atoms with van der Waals surface area (Å²) in [6, 6.07) is 0. The minimum absolute atomic E-state index is 0.222. The van der Waals surface area contributed by atoms with Gasteiger partial charge in [0.05, 0.1) is 6.54 Å². The molecule has 1 aromatic rings. The lowest BCUT2D eigenvalue weighted by Gasteiger charge is -2.51. The molecular formula is C14H23N3S. The van der Waals surface area contributed by atoms with E-state index in [1.165, 1.54) is 17.8 Å². The largest absolute Gasteiger partial charge is 0.308 e. The summed E-state index contributed by atoms with van der Waals surface area (Å²) < 4.78 is 0. The van der Waals surface area contributed by atoms with Gasteiger partial charge in [0.15, 0.2) is 0 Å². The summed E-state index contributed by atoms with van der Waals surface area (Å²) in [5.74, 6) is 0.882. The predicted molar refractivity (Wildman–Crippen MR) is 75.7 cm³/mol. The topological polar surface area (TPSA) is 28.2 Å². The molecule has 0 amide bonds. The third-order valence-electron chi connectivity index (χ3n) is 4.59. The average Bonchev–Trinajstić information content (AvgIpc) is 3.06. The van der Waals surface area contributed by atoms with E-state index in [9.17, 15) is 0 Å². The van der Waals surface area contributed by atoms with Crippen LogP contribution in [0.3, 0.4) is 0 Å². The maximum Gasteiger partial charge on any atom is 0.107 e. The van der Waals surface area contributed by atoms with E-state index in [-0.39, 0.29) is 5.54 Å². The highest BCUT2D eigenvalue weighted by Gasteiger charge is 2.48. The van der Waals surface area contributed by atoms with Crippen LogP contribution in [0.5, 0.6) is 0 Å². The molecule has 0 bridgehead atoms. The lowest BCUT2D eigenvalue weighted by molar-refractivity contribution is 0.0178. The molecule has 3 rings (SSSR count). The minimum Gasteiger partial charge on any atom is -0.308 e. The molecule has 1 unspecified atom stereocenters. The van der Waals surface area contributed by atoms with Crippen molar-refractivity contribution >= 4 is 11.3 Å². The molecule has 1 aliphatic heterocycles. The highest BCUT2D eigenvalue weighted by molar-refractivity contribution is 7.09. The van der Waals surface area contributed by atoms with E-state index in [1.807, 2.05) is 6.20 Å². The first-order valence-electron chi connectivity index (χ1n) is 6.88. The van der Waals surface area contributed by atoms with Gasteiger partial charge in [0, 0.05) is 35.7 Å². The number of hydrogen-bond acceptors (Lipinski definition) is 4. The number of nitrogens with zero attached hydrogens (tertiary/aromatic N) is 2. The van der Waals surface area contributed by atoms with E-state index in [2.05, 4.69) is 41.4 Å². The van der Waals surface area contributed by atoms with Gasteiger partial charge in [0.1, 0.15) is 5.01 Å². The lowest BCUT2D eigenvalue weighted by Crippen LogP contribution is -2.67. The quantitative estimate of drug-likeness (QED) is 0.910. The van der Waals surface area contributed by atoms with Gasteiger partial charge in [-0.2, -0.15) is 0 Å². The summed E-state index contributed by atoms with van der Waals surface area (Å²) in [4.78, 5) is 7.05. The molecule has 2 aliphatic rings. The zero-order valence-corrected chi connectivity index (χ0v) is 12.4. The fourth-order valence-corrected chi connectivity index (χ4v) is 3.59. The van der Waals surface area contributed by atoms with Crippen molar-refractivity contribution in [3.8, 4) is 0 Å². The Labute approximate surface area is 114 Å². The van der Waals surface area contributed by atoms with Gasteiger partial charge in [0.2, 0.25) is 0 Å². The Morgan fingerprint density at radius 1 is 1.44 bits per heavy atom. The van der Waals surface area contributed by atoms with E-state index in [0.717, 1.165) is 25.6 Å². The third-order valence-corrected chi connectivity index (χ3v) is 5.35. The molecular weight excluding hydrogens is 242 g/mol. The first-order valence-corrected chi connectivity index (χ1v) is 7.76. The second kappa shape index (κ2) is 4.29. The van der Waals surface area contributed by atoms with Crippen LogP contribution in [0, 0.1) is 5.92 Å². The van der Waals surface area contributed by atoms with Crippen LogP contribution in [0.4, 0.5) is 0 Å². The Morgan fingerprint density at radius 3 is 2.83 bits per heavy atom. The van der Waals surface area contributed by atoms with Crippen molar-refractivity contribution in [2.45, 2.75) is 51.2 Å². The molecule has 100 valence electrons. The molecule has 1 atom stereocenters. The molecule has 18 heavy (non-hydrogen) atoms. The maximum absolute atomic E-state index is 4.44. The van der Waals surface area contributed by atoms with Gasteiger partial charge in [-0.3, -0.25) is 4.90 Å². The van der Waals surface area contributed by atoms with Gasteiger partial charge < -0.3 is 5.32 Å². The number of nitrogens with one attached hydrogen (secondary N) is 1. The first-order chi connectivity index (χ1) is 8.50. The number of hydrogen-bond donors (Lipinski definition) is 1. The van der Waals surface area contributed by atoms with Crippen LogP contribution in [0.25, 0.3) is 0 Å². The summed E-state index contributed by atoms with van der Waals surface area (Å²) in [5.41, 5.74) is 0.535. The molecule has 1 saturated carbocycles. The lowest BCUT2D eigenvalue weighted by atomic mass is 9.86. The van der Waals surface area contributed by atoms with Gasteiger partial charge in [-0.15, -0.1) is 11.3 Å². The molecule has 2 fully saturated rings. The Morgan fingerprint density at radius 2 is 2.22 bits per heavy atom. The van der Waals surface area contributed by atoms with Gasteiger partial charge in [-0.05, 0) is 39.5 Å². The van der Waals surface area contributed by atoms with Crippen molar-refractivity contribution in [3.63, 3.8) is 0 Å². The van der Waals surface area contributed by atoms with E-state index in [1.54, 1.807) is 11.3 Å². The summed E-state index contributed by atoms with van der Waals surface area (Å²) >= 11 is 1.77. The Balaban J connectivity index is 1.75. The van der Waals surface area contributed by atoms with Crippen LogP contribution in [0.2, 0.25) is 0 Å². The smallest absolute Gasteiger partial charge is 0.107 e. The average molecular weight is 265 g/mol. The van der Waals surface area contributed by atoms with Gasteiger partial charge >= 0.3 is 0 Å². The van der Waals surface area contributed by atoms with Crippen LogP contribution < -0.4 is 5.32 Å². The van der Waals surface area contributed by atoms with E-state index >= 15 is 0 Å². The van der Waals surface area contributed by atoms with Gasteiger partial charge in [-0.25, -0.2) is 4.98 Å². The van der Waals surface area contributed by atoms with Crippen LogP contribution in [0.1, 0.15) is 38.6 Å². The summed E-state index contributed by atoms with van der Waals surface area (Å²) in [7, 11) is 0. The highest BCUT2D eigenvalue weighted by atomic mass is 32.1. The van der Waals surface area contributed by atoms with Crippen molar-refractivity contribution in [3.05, 3.63) is 16.6 Å². The van der Waals surface area contributed by atoms with Crippen molar-refractivity contribution < 1.29 is 0 Å². The first kappa shape index (κ1) is 12.6. The fourth-order valence-electron chi connectivity index (χ4n) is 2.95. The van der Waals surface area contributed by atoms with Crippen LogP contribution in [-0.4, -0.2) is 34.1 Å². The molecule has 1 saturated heterocycles. The summed E-state index contributed by atoms with van der Waals surface area (Å²) in [5, 5.41) is 7.11. The van der Waals surface area contributed by atoms with Crippen molar-refractivity contribution in [1.29, 1.82) is 0 Å². The monoisotopic (exact) mass is 265 g/mol. The molecule has 4 heteroatoms. The molecule has 0 spiro atoms. The van der Waals surface area contributed by atoms with Crippen molar-refractivity contribution in [2.75, 3.05) is 13.1 Å². The Hall–Kier alpha value is -0.450. The van der Waals surface area contributed by atoms with Gasteiger partial charge in [-0.1, -0.05) is 0 Å². The highest BCUT2D eigenvalue weighted by Crippen LogP contribution is 2.42.